The van der Waals surface area contributed by atoms with Gasteiger partial charge in [0.25, 0.3) is 0 Å². The summed E-state index contributed by atoms with van der Waals surface area (Å²) in [5.41, 5.74) is 0.625. The Bertz CT molecular complexity index is 593. The van der Waals surface area contributed by atoms with Crippen LogP contribution in [0.25, 0.3) is 0 Å². The van der Waals surface area contributed by atoms with Crippen LogP contribution < -0.4 is 10.1 Å². The second-order valence-electron chi connectivity index (χ2n) is 6.24. The number of nitrogens with zero attached hydrogens (tertiary/aromatic N) is 2. The molecule has 1 atom stereocenters. The minimum atomic E-state index is -4.36. The fourth-order valence-electron chi connectivity index (χ4n) is 2.92. The van der Waals surface area contributed by atoms with Crippen molar-refractivity contribution in [2.45, 2.75) is 26.1 Å². The van der Waals surface area contributed by atoms with Crippen LogP contribution >= 0.6 is 0 Å². The molecule has 1 aromatic carbocycles. The first kappa shape index (κ1) is 20.4. The van der Waals surface area contributed by atoms with Crippen molar-refractivity contribution in [3.8, 4) is 5.75 Å². The van der Waals surface area contributed by atoms with Gasteiger partial charge in [0.1, 0.15) is 5.75 Å². The van der Waals surface area contributed by atoms with E-state index in [4.69, 9.17) is 9.47 Å². The number of hydrogen-bond acceptors (Lipinski definition) is 3. The lowest BCUT2D eigenvalue weighted by Crippen LogP contribution is -2.40. The molecule has 2 rings (SSSR count). The van der Waals surface area contributed by atoms with E-state index in [0.29, 0.717) is 18.1 Å². The minimum absolute atomic E-state index is 0.211. The average Bonchev–Trinajstić information content (AvgIpc) is 3.05. The van der Waals surface area contributed by atoms with Gasteiger partial charge in [0.15, 0.2) is 12.6 Å². The van der Waals surface area contributed by atoms with Gasteiger partial charge in [-0.25, -0.2) is 4.99 Å². The van der Waals surface area contributed by atoms with E-state index in [9.17, 15) is 13.2 Å². The molecule has 1 aliphatic rings. The summed E-state index contributed by atoms with van der Waals surface area (Å²) in [5.74, 6) is 1.44. The van der Waals surface area contributed by atoms with E-state index in [1.54, 1.807) is 25.3 Å². The SMILES string of the molecule is CCNC(=NCc1ccccc1OCC(F)(F)F)N1CCC(COC)C1. The van der Waals surface area contributed by atoms with Gasteiger partial charge in [-0.05, 0) is 19.4 Å². The fraction of sp³-hybridized carbons (Fsp3) is 0.611. The molecule has 0 spiro atoms. The highest BCUT2D eigenvalue weighted by Gasteiger charge is 2.29. The number of hydrogen-bond donors (Lipinski definition) is 1. The van der Waals surface area contributed by atoms with Gasteiger partial charge in [0, 0.05) is 38.2 Å². The van der Waals surface area contributed by atoms with Crippen LogP contribution in [0.5, 0.6) is 5.75 Å². The Hall–Kier alpha value is -1.96. The molecule has 5 nitrogen and oxygen atoms in total. The van der Waals surface area contributed by atoms with Crippen molar-refractivity contribution < 1.29 is 22.6 Å². The number of alkyl halides is 3. The van der Waals surface area contributed by atoms with Crippen molar-refractivity contribution in [1.82, 2.24) is 10.2 Å². The molecule has 0 saturated carbocycles. The predicted molar refractivity (Wildman–Crippen MR) is 94.4 cm³/mol. The van der Waals surface area contributed by atoms with E-state index in [0.717, 1.165) is 32.0 Å². The predicted octanol–water partition coefficient (Wildman–Crippen LogP) is 3.06. The highest BCUT2D eigenvalue weighted by atomic mass is 19.4. The van der Waals surface area contributed by atoms with Crippen LogP contribution in [-0.4, -0.2) is 57.0 Å². The Balaban J connectivity index is 2.05. The maximum Gasteiger partial charge on any atom is 0.422 e. The quantitative estimate of drug-likeness (QED) is 0.589. The zero-order valence-corrected chi connectivity index (χ0v) is 15.2. The molecule has 0 aromatic heterocycles. The molecule has 1 aliphatic heterocycles. The molecule has 26 heavy (non-hydrogen) atoms. The molecule has 1 saturated heterocycles. The van der Waals surface area contributed by atoms with E-state index >= 15 is 0 Å². The van der Waals surface area contributed by atoms with Gasteiger partial charge in [-0.3, -0.25) is 0 Å². The minimum Gasteiger partial charge on any atom is -0.484 e. The first-order valence-corrected chi connectivity index (χ1v) is 8.72. The van der Waals surface area contributed by atoms with Gasteiger partial charge in [-0.15, -0.1) is 0 Å². The molecule has 1 unspecified atom stereocenters. The molecule has 1 aromatic rings. The summed E-state index contributed by atoms with van der Waals surface area (Å²) in [6, 6.07) is 6.69. The summed E-state index contributed by atoms with van der Waals surface area (Å²) in [6.45, 7) is 4.09. The number of halogens is 3. The number of benzene rings is 1. The van der Waals surface area contributed by atoms with Gasteiger partial charge in [-0.1, -0.05) is 18.2 Å². The van der Waals surface area contributed by atoms with Crippen LogP contribution in [0.1, 0.15) is 18.9 Å². The summed E-state index contributed by atoms with van der Waals surface area (Å²) < 4.78 is 47.4. The first-order chi connectivity index (χ1) is 12.4. The molecule has 8 heteroatoms. The second kappa shape index (κ2) is 9.66. The largest absolute Gasteiger partial charge is 0.484 e. The lowest BCUT2D eigenvalue weighted by Gasteiger charge is -2.22. The van der Waals surface area contributed by atoms with Crippen molar-refractivity contribution in [1.29, 1.82) is 0 Å². The number of methoxy groups -OCH3 is 1. The number of nitrogens with one attached hydrogen (secondary N) is 1. The molecule has 1 heterocycles. The Morgan fingerprint density at radius 3 is 2.81 bits per heavy atom. The van der Waals surface area contributed by atoms with Gasteiger partial charge in [0.05, 0.1) is 13.2 Å². The van der Waals surface area contributed by atoms with Gasteiger partial charge in [0.2, 0.25) is 0 Å². The third-order valence-electron chi connectivity index (χ3n) is 4.09. The van der Waals surface area contributed by atoms with Gasteiger partial charge >= 0.3 is 6.18 Å². The zero-order valence-electron chi connectivity index (χ0n) is 15.2. The molecule has 1 fully saturated rings. The molecular formula is C18H26F3N3O2. The summed E-state index contributed by atoms with van der Waals surface area (Å²) in [6.07, 6.45) is -3.33. The van der Waals surface area contributed by atoms with Crippen LogP contribution in [0, 0.1) is 5.92 Å². The van der Waals surface area contributed by atoms with Crippen LogP contribution in [0.3, 0.4) is 0 Å². The molecule has 146 valence electrons. The number of ether oxygens (including phenoxy) is 2. The van der Waals surface area contributed by atoms with Crippen LogP contribution in [0.4, 0.5) is 13.2 Å². The molecule has 0 aliphatic carbocycles. The third kappa shape index (κ3) is 6.40. The van der Waals surface area contributed by atoms with E-state index in [2.05, 4.69) is 15.2 Å². The van der Waals surface area contributed by atoms with Gasteiger partial charge in [-0.2, -0.15) is 13.2 Å². The van der Waals surface area contributed by atoms with E-state index < -0.39 is 12.8 Å². The van der Waals surface area contributed by atoms with Crippen molar-refractivity contribution in [2.24, 2.45) is 10.9 Å². The summed E-state index contributed by atoms with van der Waals surface area (Å²) in [5, 5.41) is 3.25. The normalized spacial score (nSPS) is 18.3. The fourth-order valence-corrected chi connectivity index (χ4v) is 2.92. The van der Waals surface area contributed by atoms with E-state index in [1.165, 1.54) is 6.07 Å². The Labute approximate surface area is 152 Å². The summed E-state index contributed by atoms with van der Waals surface area (Å²) in [7, 11) is 1.69. The third-order valence-corrected chi connectivity index (χ3v) is 4.09. The number of likely N-dealkylation sites (tertiary alicyclic amines) is 1. The molecule has 0 radical (unpaired) electrons. The smallest absolute Gasteiger partial charge is 0.422 e. The monoisotopic (exact) mass is 373 g/mol. The van der Waals surface area contributed by atoms with Crippen molar-refractivity contribution in [3.63, 3.8) is 0 Å². The second-order valence-corrected chi connectivity index (χ2v) is 6.24. The standard InChI is InChI=1S/C18H26F3N3O2/c1-3-22-17(24-9-8-14(11-24)12-25-2)23-10-15-6-4-5-7-16(15)26-13-18(19,20)21/h4-7,14H,3,8-13H2,1-2H3,(H,22,23). The van der Waals surface area contributed by atoms with E-state index in [-0.39, 0.29) is 12.3 Å². The lowest BCUT2D eigenvalue weighted by molar-refractivity contribution is -0.153. The average molecular weight is 373 g/mol. The topological polar surface area (TPSA) is 46.1 Å². The first-order valence-electron chi connectivity index (χ1n) is 8.72. The Morgan fingerprint density at radius 1 is 1.35 bits per heavy atom. The van der Waals surface area contributed by atoms with Crippen molar-refractivity contribution >= 4 is 5.96 Å². The number of rotatable bonds is 7. The number of para-hydroxylation sites is 1. The number of aliphatic imine (C=N–C) groups is 1. The van der Waals surface area contributed by atoms with E-state index in [1.807, 2.05) is 6.92 Å². The summed E-state index contributed by atoms with van der Waals surface area (Å²) in [4.78, 5) is 6.75. The number of guanidine groups is 1. The Morgan fingerprint density at radius 2 is 2.12 bits per heavy atom. The highest BCUT2D eigenvalue weighted by molar-refractivity contribution is 5.80. The lowest BCUT2D eigenvalue weighted by atomic mass is 10.1. The Kier molecular flexibility index (Phi) is 7.56. The van der Waals surface area contributed by atoms with Crippen molar-refractivity contribution in [3.05, 3.63) is 29.8 Å². The highest BCUT2D eigenvalue weighted by Crippen LogP contribution is 2.23. The summed E-state index contributed by atoms with van der Waals surface area (Å²) >= 11 is 0. The molecular weight excluding hydrogens is 347 g/mol. The molecule has 1 N–H and O–H groups in total. The maximum atomic E-state index is 12.4. The molecule has 0 amide bonds. The van der Waals surface area contributed by atoms with Crippen LogP contribution in [0.15, 0.2) is 29.3 Å². The van der Waals surface area contributed by atoms with Crippen LogP contribution in [-0.2, 0) is 11.3 Å². The zero-order chi connectivity index (χ0) is 19.0. The molecule has 0 bridgehead atoms. The van der Waals surface area contributed by atoms with Crippen LogP contribution in [0.2, 0.25) is 0 Å². The van der Waals surface area contributed by atoms with Crippen molar-refractivity contribution in [2.75, 3.05) is 40.0 Å². The van der Waals surface area contributed by atoms with Gasteiger partial charge < -0.3 is 19.7 Å². The maximum absolute atomic E-state index is 12.4.